The van der Waals surface area contributed by atoms with Crippen LogP contribution in [-0.4, -0.2) is 37.4 Å². The van der Waals surface area contributed by atoms with Gasteiger partial charge in [0.1, 0.15) is 0 Å². The average molecular weight is 333 g/mol. The highest BCUT2D eigenvalue weighted by molar-refractivity contribution is 5.86. The fourth-order valence-electron chi connectivity index (χ4n) is 1.93. The standard InChI is InChI=1S/C17H19NO6/c1-12(22-16(19)14-9-10-15(21-3)24-14)23-17(20)18(2)11-13-7-5-4-6-8-13/h4-10,12H,11H2,1-3H3. The van der Waals surface area contributed by atoms with E-state index >= 15 is 0 Å². The van der Waals surface area contributed by atoms with Gasteiger partial charge in [0.05, 0.1) is 7.11 Å². The predicted octanol–water partition coefficient (Wildman–Crippen LogP) is 3.06. The van der Waals surface area contributed by atoms with Gasteiger partial charge in [0.25, 0.3) is 5.95 Å². The molecule has 0 spiro atoms. The van der Waals surface area contributed by atoms with Crippen LogP contribution in [0.3, 0.4) is 0 Å². The second-order valence-electron chi connectivity index (χ2n) is 5.02. The van der Waals surface area contributed by atoms with Crippen molar-refractivity contribution in [1.82, 2.24) is 4.90 Å². The largest absolute Gasteiger partial charge is 0.468 e. The second-order valence-corrected chi connectivity index (χ2v) is 5.02. The van der Waals surface area contributed by atoms with Crippen molar-refractivity contribution in [2.75, 3.05) is 14.2 Å². The third-order valence-corrected chi connectivity index (χ3v) is 3.10. The molecule has 24 heavy (non-hydrogen) atoms. The highest BCUT2D eigenvalue weighted by Crippen LogP contribution is 2.16. The molecule has 0 saturated heterocycles. The molecule has 7 nitrogen and oxygen atoms in total. The van der Waals surface area contributed by atoms with Crippen molar-refractivity contribution in [3.63, 3.8) is 0 Å². The van der Waals surface area contributed by atoms with Crippen LogP contribution in [0.5, 0.6) is 5.95 Å². The van der Waals surface area contributed by atoms with Gasteiger partial charge in [-0.05, 0) is 11.6 Å². The Bertz CT molecular complexity index is 681. The first-order valence-electron chi connectivity index (χ1n) is 7.30. The molecule has 1 heterocycles. The van der Waals surface area contributed by atoms with Gasteiger partial charge in [-0.1, -0.05) is 30.3 Å². The van der Waals surface area contributed by atoms with E-state index in [9.17, 15) is 9.59 Å². The quantitative estimate of drug-likeness (QED) is 0.597. The molecule has 1 unspecified atom stereocenters. The zero-order valence-electron chi connectivity index (χ0n) is 13.7. The number of nitrogens with zero attached hydrogens (tertiary/aromatic N) is 1. The molecule has 128 valence electrons. The minimum atomic E-state index is -1.06. The van der Waals surface area contributed by atoms with Crippen LogP contribution in [0.15, 0.2) is 46.9 Å². The highest BCUT2D eigenvalue weighted by atomic mass is 16.7. The summed E-state index contributed by atoms with van der Waals surface area (Å²) in [7, 11) is 3.02. The van der Waals surface area contributed by atoms with Crippen molar-refractivity contribution in [3.8, 4) is 5.95 Å². The molecule has 0 fully saturated rings. The molecule has 0 aliphatic rings. The highest BCUT2D eigenvalue weighted by Gasteiger charge is 2.20. The van der Waals surface area contributed by atoms with Crippen molar-refractivity contribution in [3.05, 3.63) is 53.8 Å². The Morgan fingerprint density at radius 2 is 1.83 bits per heavy atom. The average Bonchev–Trinajstić information content (AvgIpc) is 3.04. The summed E-state index contributed by atoms with van der Waals surface area (Å²) >= 11 is 0. The summed E-state index contributed by atoms with van der Waals surface area (Å²) < 4.78 is 20.0. The molecular weight excluding hydrogens is 314 g/mol. The topological polar surface area (TPSA) is 78.2 Å². The molecule has 1 atom stereocenters. The van der Waals surface area contributed by atoms with Crippen LogP contribution < -0.4 is 4.74 Å². The zero-order valence-corrected chi connectivity index (χ0v) is 13.7. The number of rotatable bonds is 6. The second kappa shape index (κ2) is 8.05. The number of amides is 1. The summed E-state index contributed by atoms with van der Waals surface area (Å²) in [4.78, 5) is 25.2. The summed E-state index contributed by atoms with van der Waals surface area (Å²) in [6.07, 6.45) is -1.66. The lowest BCUT2D eigenvalue weighted by Gasteiger charge is -2.20. The lowest BCUT2D eigenvalue weighted by atomic mass is 10.2. The lowest BCUT2D eigenvalue weighted by molar-refractivity contribution is -0.0700. The van der Waals surface area contributed by atoms with Gasteiger partial charge in [-0.25, -0.2) is 9.59 Å². The fraction of sp³-hybridized carbons (Fsp3) is 0.294. The fourth-order valence-corrected chi connectivity index (χ4v) is 1.93. The first-order valence-corrected chi connectivity index (χ1v) is 7.30. The van der Waals surface area contributed by atoms with E-state index in [0.717, 1.165) is 5.56 Å². The van der Waals surface area contributed by atoms with Gasteiger partial charge in [-0.15, -0.1) is 0 Å². The summed E-state index contributed by atoms with van der Waals surface area (Å²) in [5.41, 5.74) is 0.962. The molecular formula is C17H19NO6. The summed E-state index contributed by atoms with van der Waals surface area (Å²) in [5.74, 6) is -0.592. The molecule has 0 N–H and O–H groups in total. The Morgan fingerprint density at radius 3 is 2.46 bits per heavy atom. The minimum absolute atomic E-state index is 0.0348. The van der Waals surface area contributed by atoms with E-state index in [0.29, 0.717) is 6.54 Å². The number of hydrogen-bond acceptors (Lipinski definition) is 6. The normalized spacial score (nSPS) is 11.5. The van der Waals surface area contributed by atoms with E-state index in [4.69, 9.17) is 18.6 Å². The molecule has 0 aliphatic heterocycles. The van der Waals surface area contributed by atoms with E-state index in [1.54, 1.807) is 7.05 Å². The van der Waals surface area contributed by atoms with Crippen LogP contribution in [0, 0.1) is 0 Å². The zero-order chi connectivity index (χ0) is 17.5. The van der Waals surface area contributed by atoms with E-state index in [1.807, 2.05) is 30.3 Å². The first kappa shape index (κ1) is 17.4. The van der Waals surface area contributed by atoms with Gasteiger partial charge in [-0.2, -0.15) is 0 Å². The SMILES string of the molecule is COc1ccc(C(=O)OC(C)OC(=O)N(C)Cc2ccccc2)o1. The Hall–Kier alpha value is -2.96. The number of carbonyl (C=O) groups excluding carboxylic acids is 2. The molecule has 0 aliphatic carbocycles. The molecule has 0 radical (unpaired) electrons. The Morgan fingerprint density at radius 1 is 1.12 bits per heavy atom. The maximum Gasteiger partial charge on any atom is 0.412 e. The van der Waals surface area contributed by atoms with Gasteiger partial charge < -0.3 is 23.5 Å². The summed E-state index contributed by atoms with van der Waals surface area (Å²) in [6, 6.07) is 12.4. The van der Waals surface area contributed by atoms with Gasteiger partial charge >= 0.3 is 12.1 Å². The number of hydrogen-bond donors (Lipinski definition) is 0. The van der Waals surface area contributed by atoms with Crippen molar-refractivity contribution >= 4 is 12.1 Å². The molecule has 1 amide bonds. The smallest absolute Gasteiger partial charge is 0.412 e. The summed E-state index contributed by atoms with van der Waals surface area (Å²) in [5, 5.41) is 0. The molecule has 1 aromatic carbocycles. The first-order chi connectivity index (χ1) is 11.5. The van der Waals surface area contributed by atoms with E-state index < -0.39 is 18.4 Å². The van der Waals surface area contributed by atoms with Crippen molar-refractivity contribution < 1.29 is 28.2 Å². The van der Waals surface area contributed by atoms with Gasteiger partial charge in [0.15, 0.2) is 0 Å². The maximum atomic E-state index is 12.0. The predicted molar refractivity (Wildman–Crippen MR) is 84.5 cm³/mol. The van der Waals surface area contributed by atoms with Gasteiger partial charge in [0.2, 0.25) is 12.1 Å². The van der Waals surface area contributed by atoms with Crippen LogP contribution in [0.25, 0.3) is 0 Å². The van der Waals surface area contributed by atoms with E-state index in [2.05, 4.69) is 0 Å². The van der Waals surface area contributed by atoms with Crippen LogP contribution in [0.4, 0.5) is 4.79 Å². The van der Waals surface area contributed by atoms with Crippen LogP contribution in [0.1, 0.15) is 23.0 Å². The molecule has 1 aromatic heterocycles. The Balaban J connectivity index is 1.83. The van der Waals surface area contributed by atoms with Gasteiger partial charge in [-0.3, -0.25) is 0 Å². The number of ether oxygens (including phenoxy) is 3. The molecule has 7 heteroatoms. The van der Waals surface area contributed by atoms with Crippen LogP contribution in [0.2, 0.25) is 0 Å². The molecule has 2 rings (SSSR count). The number of carbonyl (C=O) groups is 2. The van der Waals surface area contributed by atoms with Crippen molar-refractivity contribution in [1.29, 1.82) is 0 Å². The van der Waals surface area contributed by atoms with Gasteiger partial charge in [0, 0.05) is 26.6 Å². The van der Waals surface area contributed by atoms with Crippen LogP contribution >= 0.6 is 0 Å². The Kier molecular flexibility index (Phi) is 5.83. The summed E-state index contributed by atoms with van der Waals surface area (Å²) in [6.45, 7) is 1.84. The Labute approximate surface area is 139 Å². The molecule has 0 bridgehead atoms. The molecule has 0 saturated carbocycles. The lowest BCUT2D eigenvalue weighted by Crippen LogP contribution is -2.31. The third kappa shape index (κ3) is 4.77. The van der Waals surface area contributed by atoms with Crippen molar-refractivity contribution in [2.45, 2.75) is 19.8 Å². The van der Waals surface area contributed by atoms with Crippen LogP contribution in [-0.2, 0) is 16.0 Å². The number of furan rings is 1. The molecule has 2 aromatic rings. The van der Waals surface area contributed by atoms with E-state index in [1.165, 1.54) is 31.1 Å². The third-order valence-electron chi connectivity index (χ3n) is 3.10. The van der Waals surface area contributed by atoms with Crippen molar-refractivity contribution in [2.24, 2.45) is 0 Å². The maximum absolute atomic E-state index is 12.0. The van der Waals surface area contributed by atoms with E-state index in [-0.39, 0.29) is 11.7 Å². The number of methoxy groups -OCH3 is 1. The monoisotopic (exact) mass is 333 g/mol. The number of esters is 1. The number of benzene rings is 1. The minimum Gasteiger partial charge on any atom is -0.468 e.